The molecule has 8 heteroatoms. The molecule has 8 nitrogen and oxygen atoms in total. The third kappa shape index (κ3) is 6.01. The number of pyridine rings is 1. The highest BCUT2D eigenvalue weighted by Crippen LogP contribution is 2.18. The normalized spacial score (nSPS) is 13.6. The minimum absolute atomic E-state index is 0.186. The van der Waals surface area contributed by atoms with Gasteiger partial charge in [-0.25, -0.2) is 0 Å². The van der Waals surface area contributed by atoms with Crippen molar-refractivity contribution in [3.63, 3.8) is 0 Å². The van der Waals surface area contributed by atoms with Crippen LogP contribution in [-0.2, 0) is 17.7 Å². The Balaban J connectivity index is 1.47. The largest absolute Gasteiger partial charge is 0.463 e. The van der Waals surface area contributed by atoms with Crippen LogP contribution in [0.3, 0.4) is 0 Å². The van der Waals surface area contributed by atoms with Crippen LogP contribution < -0.4 is 15.0 Å². The Bertz CT molecular complexity index is 1040. The molecule has 0 unspecified atom stereocenters. The minimum atomic E-state index is -0.266. The van der Waals surface area contributed by atoms with Crippen LogP contribution in [0.15, 0.2) is 54.7 Å². The van der Waals surface area contributed by atoms with Crippen molar-refractivity contribution < 1.29 is 14.3 Å². The predicted octanol–water partition coefficient (Wildman–Crippen LogP) is 2.57. The van der Waals surface area contributed by atoms with E-state index in [1.807, 2.05) is 49.4 Å². The van der Waals surface area contributed by atoms with Gasteiger partial charge in [-0.3, -0.25) is 9.78 Å². The lowest BCUT2D eigenvalue weighted by atomic mass is 10.1. The molecule has 1 amide bonds. The van der Waals surface area contributed by atoms with Gasteiger partial charge in [0.2, 0.25) is 0 Å². The zero-order chi connectivity index (χ0) is 22.2. The highest BCUT2D eigenvalue weighted by Gasteiger charge is 2.18. The van der Waals surface area contributed by atoms with Crippen LogP contribution in [0.2, 0.25) is 0 Å². The number of hydrogen-bond acceptors (Lipinski definition) is 7. The molecule has 0 atom stereocenters. The molecule has 1 aromatic carbocycles. The van der Waals surface area contributed by atoms with Gasteiger partial charge in [0.15, 0.2) is 0 Å². The number of carbonyl (C=O) groups is 1. The SMILES string of the molecule is Cc1cccc(CNC(=O)c2cc(N3CCOCC3)nc(OCCc3ccccn3)n2)c1. The number of rotatable bonds is 8. The molecule has 166 valence electrons. The summed E-state index contributed by atoms with van der Waals surface area (Å²) >= 11 is 0. The van der Waals surface area contributed by atoms with Gasteiger partial charge in [0, 0.05) is 44.0 Å². The van der Waals surface area contributed by atoms with Crippen LogP contribution in [0.25, 0.3) is 0 Å². The summed E-state index contributed by atoms with van der Waals surface area (Å²) in [7, 11) is 0. The summed E-state index contributed by atoms with van der Waals surface area (Å²) in [5.41, 5.74) is 3.39. The van der Waals surface area contributed by atoms with E-state index in [2.05, 4.69) is 25.2 Å². The average Bonchev–Trinajstić information content (AvgIpc) is 2.84. The van der Waals surface area contributed by atoms with E-state index in [4.69, 9.17) is 9.47 Å². The summed E-state index contributed by atoms with van der Waals surface area (Å²) in [5.74, 6) is 0.398. The van der Waals surface area contributed by atoms with Gasteiger partial charge in [-0.2, -0.15) is 9.97 Å². The molecule has 32 heavy (non-hydrogen) atoms. The van der Waals surface area contributed by atoms with Crippen molar-refractivity contribution in [2.24, 2.45) is 0 Å². The molecule has 3 heterocycles. The highest BCUT2D eigenvalue weighted by molar-refractivity contribution is 5.93. The molecular formula is C24H27N5O3. The monoisotopic (exact) mass is 433 g/mol. The maximum atomic E-state index is 12.9. The molecule has 1 aliphatic heterocycles. The van der Waals surface area contributed by atoms with Gasteiger partial charge in [0.05, 0.1) is 19.8 Å². The summed E-state index contributed by atoms with van der Waals surface area (Å²) < 4.78 is 11.2. The fraction of sp³-hybridized carbons (Fsp3) is 0.333. The minimum Gasteiger partial charge on any atom is -0.463 e. The number of aryl methyl sites for hydroxylation is 1. The van der Waals surface area contributed by atoms with Crippen LogP contribution in [0.5, 0.6) is 6.01 Å². The summed E-state index contributed by atoms with van der Waals surface area (Å²) in [4.78, 5) is 28.2. The highest BCUT2D eigenvalue weighted by atomic mass is 16.5. The molecule has 0 aliphatic carbocycles. The number of anilines is 1. The number of hydrogen-bond donors (Lipinski definition) is 1. The number of nitrogens with one attached hydrogen (secondary N) is 1. The molecule has 1 aliphatic rings. The first kappa shape index (κ1) is 21.7. The predicted molar refractivity (Wildman–Crippen MR) is 121 cm³/mol. The summed E-state index contributed by atoms with van der Waals surface area (Å²) in [6.45, 7) is 5.47. The topological polar surface area (TPSA) is 89.5 Å². The number of amides is 1. The molecule has 0 saturated carbocycles. The average molecular weight is 434 g/mol. The van der Waals surface area contributed by atoms with E-state index in [0.29, 0.717) is 51.7 Å². The van der Waals surface area contributed by atoms with E-state index in [0.717, 1.165) is 16.8 Å². The van der Waals surface area contributed by atoms with Gasteiger partial charge in [-0.1, -0.05) is 35.9 Å². The summed E-state index contributed by atoms with van der Waals surface area (Å²) in [6, 6.07) is 15.7. The molecule has 1 fully saturated rings. The van der Waals surface area contributed by atoms with E-state index in [-0.39, 0.29) is 17.6 Å². The first-order valence-corrected chi connectivity index (χ1v) is 10.8. The smallest absolute Gasteiger partial charge is 0.319 e. The Hall–Kier alpha value is -3.52. The molecule has 1 N–H and O–H groups in total. The number of ether oxygens (including phenoxy) is 2. The maximum absolute atomic E-state index is 12.9. The van der Waals surface area contributed by atoms with Gasteiger partial charge in [-0.05, 0) is 24.6 Å². The van der Waals surface area contributed by atoms with Crippen LogP contribution in [0, 0.1) is 6.92 Å². The Labute approximate surface area is 187 Å². The lowest BCUT2D eigenvalue weighted by molar-refractivity contribution is 0.0944. The van der Waals surface area contributed by atoms with E-state index in [1.165, 1.54) is 0 Å². The van der Waals surface area contributed by atoms with Gasteiger partial charge in [0.1, 0.15) is 11.5 Å². The summed E-state index contributed by atoms with van der Waals surface area (Å²) in [5, 5.41) is 2.94. The first-order chi connectivity index (χ1) is 15.7. The summed E-state index contributed by atoms with van der Waals surface area (Å²) in [6.07, 6.45) is 2.38. The second-order valence-electron chi connectivity index (χ2n) is 7.58. The molecule has 2 aromatic heterocycles. The fourth-order valence-corrected chi connectivity index (χ4v) is 3.44. The number of benzene rings is 1. The van der Waals surface area contributed by atoms with Crippen molar-refractivity contribution >= 4 is 11.7 Å². The van der Waals surface area contributed by atoms with E-state index >= 15 is 0 Å². The molecule has 4 rings (SSSR count). The third-order valence-corrected chi connectivity index (χ3v) is 5.11. The number of nitrogens with zero attached hydrogens (tertiary/aromatic N) is 4. The first-order valence-electron chi connectivity index (χ1n) is 10.8. The van der Waals surface area contributed by atoms with Crippen LogP contribution in [0.4, 0.5) is 5.82 Å². The number of morpholine rings is 1. The van der Waals surface area contributed by atoms with Crippen molar-refractivity contribution in [3.8, 4) is 6.01 Å². The Morgan fingerprint density at radius 1 is 1.12 bits per heavy atom. The van der Waals surface area contributed by atoms with Crippen molar-refractivity contribution in [1.29, 1.82) is 0 Å². The second kappa shape index (κ2) is 10.7. The van der Waals surface area contributed by atoms with Gasteiger partial charge < -0.3 is 19.7 Å². The van der Waals surface area contributed by atoms with E-state index < -0.39 is 0 Å². The van der Waals surface area contributed by atoms with Gasteiger partial charge >= 0.3 is 6.01 Å². The fourth-order valence-electron chi connectivity index (χ4n) is 3.44. The van der Waals surface area contributed by atoms with Crippen LogP contribution in [0.1, 0.15) is 27.3 Å². The second-order valence-corrected chi connectivity index (χ2v) is 7.58. The molecule has 1 saturated heterocycles. The quantitative estimate of drug-likeness (QED) is 0.584. The lowest BCUT2D eigenvalue weighted by Crippen LogP contribution is -2.37. The number of aromatic nitrogens is 3. The standard InChI is InChI=1S/C24H27N5O3/c1-18-5-4-6-19(15-18)17-26-23(30)21-16-22(29-10-13-31-14-11-29)28-24(27-21)32-12-8-20-7-2-3-9-25-20/h2-7,9,15-16H,8,10-14,17H2,1H3,(H,26,30). The van der Waals surface area contributed by atoms with E-state index in [1.54, 1.807) is 12.3 Å². The van der Waals surface area contributed by atoms with Crippen molar-refractivity contribution in [3.05, 3.63) is 77.2 Å². The maximum Gasteiger partial charge on any atom is 0.319 e. The lowest BCUT2D eigenvalue weighted by Gasteiger charge is -2.28. The third-order valence-electron chi connectivity index (χ3n) is 5.11. The Morgan fingerprint density at radius 2 is 2.00 bits per heavy atom. The van der Waals surface area contributed by atoms with Crippen LogP contribution in [-0.4, -0.2) is 53.8 Å². The van der Waals surface area contributed by atoms with Crippen LogP contribution >= 0.6 is 0 Å². The van der Waals surface area contributed by atoms with Crippen molar-refractivity contribution in [1.82, 2.24) is 20.3 Å². The van der Waals surface area contributed by atoms with Gasteiger partial charge in [-0.15, -0.1) is 0 Å². The Kier molecular flexibility index (Phi) is 7.24. The zero-order valence-corrected chi connectivity index (χ0v) is 18.2. The number of carbonyl (C=O) groups excluding carboxylic acids is 1. The van der Waals surface area contributed by atoms with Crippen molar-refractivity contribution in [2.75, 3.05) is 37.8 Å². The Morgan fingerprint density at radius 3 is 2.78 bits per heavy atom. The molecule has 0 bridgehead atoms. The van der Waals surface area contributed by atoms with Gasteiger partial charge in [0.25, 0.3) is 5.91 Å². The molecule has 0 radical (unpaired) electrons. The molecular weight excluding hydrogens is 406 g/mol. The molecule has 0 spiro atoms. The van der Waals surface area contributed by atoms with E-state index in [9.17, 15) is 4.79 Å². The molecule has 3 aromatic rings. The van der Waals surface area contributed by atoms with Crippen molar-refractivity contribution in [2.45, 2.75) is 19.9 Å². The zero-order valence-electron chi connectivity index (χ0n) is 18.2.